The molecular formula is C18H26O. The summed E-state index contributed by atoms with van der Waals surface area (Å²) < 4.78 is 0. The first-order chi connectivity index (χ1) is 8.67. The van der Waals surface area contributed by atoms with E-state index in [1.165, 1.54) is 16.7 Å². The maximum absolute atomic E-state index is 9.98. The van der Waals surface area contributed by atoms with Gasteiger partial charge in [-0.15, -0.1) is 0 Å². The molecule has 0 aromatic heterocycles. The first kappa shape index (κ1) is 14.3. The van der Waals surface area contributed by atoms with Crippen molar-refractivity contribution in [1.82, 2.24) is 0 Å². The van der Waals surface area contributed by atoms with E-state index in [0.717, 1.165) is 12.8 Å². The molecule has 2 rings (SSSR count). The number of hydrogen-bond acceptors (Lipinski definition) is 1. The van der Waals surface area contributed by atoms with Gasteiger partial charge in [-0.2, -0.15) is 0 Å². The number of rotatable bonds is 1. The number of aliphatic hydroxyl groups excluding tert-OH is 1. The highest BCUT2D eigenvalue weighted by molar-refractivity contribution is 5.67. The van der Waals surface area contributed by atoms with Crippen LogP contribution in [0.1, 0.15) is 58.6 Å². The molecule has 1 aromatic rings. The van der Waals surface area contributed by atoms with Gasteiger partial charge < -0.3 is 5.11 Å². The molecule has 0 heterocycles. The third-order valence-electron chi connectivity index (χ3n) is 3.95. The van der Waals surface area contributed by atoms with Crippen molar-refractivity contribution in [2.75, 3.05) is 0 Å². The fraction of sp³-hybridized carbons (Fsp3) is 0.556. The molecule has 1 aliphatic carbocycles. The number of allylic oxidation sites excluding steroid dienone is 1. The molecule has 0 radical (unpaired) electrons. The van der Waals surface area contributed by atoms with E-state index in [1.807, 2.05) is 6.08 Å². The van der Waals surface area contributed by atoms with Crippen LogP contribution in [0, 0.1) is 5.41 Å². The second kappa shape index (κ2) is 4.79. The molecule has 1 atom stereocenters. The molecule has 0 aliphatic heterocycles. The second-order valence-electron chi connectivity index (χ2n) is 7.63. The monoisotopic (exact) mass is 258 g/mol. The summed E-state index contributed by atoms with van der Waals surface area (Å²) in [5.41, 5.74) is 4.27. The van der Waals surface area contributed by atoms with E-state index in [0.29, 0.717) is 0 Å². The van der Waals surface area contributed by atoms with E-state index in [4.69, 9.17) is 0 Å². The maximum Gasteiger partial charge on any atom is 0.0732 e. The lowest BCUT2D eigenvalue weighted by molar-refractivity contribution is 0.146. The van der Waals surface area contributed by atoms with Gasteiger partial charge in [0, 0.05) is 0 Å². The van der Waals surface area contributed by atoms with Crippen molar-refractivity contribution >= 4 is 5.57 Å². The molecule has 0 saturated carbocycles. The molecule has 104 valence electrons. The van der Waals surface area contributed by atoms with Crippen molar-refractivity contribution in [2.24, 2.45) is 5.41 Å². The van der Waals surface area contributed by atoms with Gasteiger partial charge >= 0.3 is 0 Å². The number of hydrogen-bond donors (Lipinski definition) is 1. The minimum absolute atomic E-state index is 0.187. The Balaban J connectivity index is 2.28. The van der Waals surface area contributed by atoms with Gasteiger partial charge in [-0.05, 0) is 40.4 Å². The lowest BCUT2D eigenvalue weighted by atomic mass is 9.74. The summed E-state index contributed by atoms with van der Waals surface area (Å²) in [6, 6.07) is 8.81. The molecule has 1 N–H and O–H groups in total. The summed E-state index contributed by atoms with van der Waals surface area (Å²) >= 11 is 0. The quantitative estimate of drug-likeness (QED) is 0.783. The molecule has 0 bridgehead atoms. The highest BCUT2D eigenvalue weighted by Crippen LogP contribution is 2.39. The standard InChI is InChI=1S/C18H26O/c1-17(2,3)15-8-6-13(7-9-15)14-10-16(19)12-18(4,5)11-14/h6-10,16,19H,11-12H2,1-5H3. The summed E-state index contributed by atoms with van der Waals surface area (Å²) in [6.45, 7) is 11.2. The molecule has 1 heteroatoms. The van der Waals surface area contributed by atoms with E-state index >= 15 is 0 Å². The predicted molar refractivity (Wildman–Crippen MR) is 82.1 cm³/mol. The minimum Gasteiger partial charge on any atom is -0.389 e. The molecule has 0 fully saturated rings. The third-order valence-corrected chi connectivity index (χ3v) is 3.95. The molecular weight excluding hydrogens is 232 g/mol. The van der Waals surface area contributed by atoms with Crippen molar-refractivity contribution in [1.29, 1.82) is 0 Å². The van der Waals surface area contributed by atoms with Gasteiger partial charge in [-0.1, -0.05) is 65.0 Å². The van der Waals surface area contributed by atoms with Gasteiger partial charge in [0.25, 0.3) is 0 Å². The van der Waals surface area contributed by atoms with Gasteiger partial charge in [0.05, 0.1) is 6.10 Å². The summed E-state index contributed by atoms with van der Waals surface area (Å²) in [4.78, 5) is 0. The average Bonchev–Trinajstić information content (AvgIpc) is 2.25. The number of benzene rings is 1. The Kier molecular flexibility index (Phi) is 3.61. The molecule has 19 heavy (non-hydrogen) atoms. The van der Waals surface area contributed by atoms with E-state index in [9.17, 15) is 5.11 Å². The van der Waals surface area contributed by atoms with E-state index < -0.39 is 0 Å². The van der Waals surface area contributed by atoms with Crippen LogP contribution in [-0.2, 0) is 5.41 Å². The van der Waals surface area contributed by atoms with Crippen LogP contribution < -0.4 is 0 Å². The zero-order chi connectivity index (χ0) is 14.3. The van der Waals surface area contributed by atoms with E-state index in [2.05, 4.69) is 58.9 Å². The third kappa shape index (κ3) is 3.48. The van der Waals surface area contributed by atoms with Crippen molar-refractivity contribution in [3.63, 3.8) is 0 Å². The molecule has 1 aliphatic rings. The Bertz CT molecular complexity index is 471. The highest BCUT2D eigenvalue weighted by Gasteiger charge is 2.28. The summed E-state index contributed by atoms with van der Waals surface area (Å²) in [5.74, 6) is 0. The number of aliphatic hydroxyl groups is 1. The van der Waals surface area contributed by atoms with Crippen LogP contribution in [0.4, 0.5) is 0 Å². The van der Waals surface area contributed by atoms with Gasteiger partial charge in [0.15, 0.2) is 0 Å². The summed E-state index contributed by atoms with van der Waals surface area (Å²) in [5, 5.41) is 9.98. The van der Waals surface area contributed by atoms with Crippen LogP contribution >= 0.6 is 0 Å². The normalized spacial score (nSPS) is 23.1. The fourth-order valence-electron chi connectivity index (χ4n) is 2.89. The topological polar surface area (TPSA) is 20.2 Å². The van der Waals surface area contributed by atoms with Gasteiger partial charge in [-0.3, -0.25) is 0 Å². The Hall–Kier alpha value is -1.08. The van der Waals surface area contributed by atoms with Crippen molar-refractivity contribution in [2.45, 2.75) is 59.0 Å². The van der Waals surface area contributed by atoms with Gasteiger partial charge in [0.2, 0.25) is 0 Å². The molecule has 1 aromatic carbocycles. The van der Waals surface area contributed by atoms with Crippen LogP contribution in [-0.4, -0.2) is 11.2 Å². The lowest BCUT2D eigenvalue weighted by Crippen LogP contribution is -2.24. The van der Waals surface area contributed by atoms with Crippen LogP contribution in [0.3, 0.4) is 0 Å². The second-order valence-corrected chi connectivity index (χ2v) is 7.63. The molecule has 1 unspecified atom stereocenters. The summed E-state index contributed by atoms with van der Waals surface area (Å²) in [6.07, 6.45) is 3.62. The van der Waals surface area contributed by atoms with Crippen molar-refractivity contribution in [3.8, 4) is 0 Å². The fourth-order valence-corrected chi connectivity index (χ4v) is 2.89. The molecule has 0 saturated heterocycles. The Morgan fingerprint density at radius 2 is 1.68 bits per heavy atom. The zero-order valence-corrected chi connectivity index (χ0v) is 12.8. The van der Waals surface area contributed by atoms with Crippen LogP contribution in [0.5, 0.6) is 0 Å². The molecule has 0 amide bonds. The van der Waals surface area contributed by atoms with Gasteiger partial charge in [-0.25, -0.2) is 0 Å². The first-order valence-electron chi connectivity index (χ1n) is 7.17. The minimum atomic E-state index is -0.305. The Labute approximate surface area is 117 Å². The molecule has 0 spiro atoms. The average molecular weight is 258 g/mol. The predicted octanol–water partition coefficient (Wildman–Crippen LogP) is 4.55. The van der Waals surface area contributed by atoms with Crippen LogP contribution in [0.15, 0.2) is 30.3 Å². The SMILES string of the molecule is CC1(C)CC(c2ccc(C(C)(C)C)cc2)=CC(O)C1. The van der Waals surface area contributed by atoms with E-state index in [-0.39, 0.29) is 16.9 Å². The van der Waals surface area contributed by atoms with Crippen LogP contribution in [0.2, 0.25) is 0 Å². The smallest absolute Gasteiger partial charge is 0.0732 e. The van der Waals surface area contributed by atoms with Gasteiger partial charge in [0.1, 0.15) is 0 Å². The van der Waals surface area contributed by atoms with Crippen molar-refractivity contribution in [3.05, 3.63) is 41.5 Å². The van der Waals surface area contributed by atoms with Crippen LogP contribution in [0.25, 0.3) is 5.57 Å². The lowest BCUT2D eigenvalue weighted by Gasteiger charge is -2.33. The first-order valence-corrected chi connectivity index (χ1v) is 7.17. The molecule has 1 nitrogen and oxygen atoms in total. The van der Waals surface area contributed by atoms with E-state index in [1.54, 1.807) is 0 Å². The highest BCUT2D eigenvalue weighted by atomic mass is 16.3. The Morgan fingerprint density at radius 1 is 1.11 bits per heavy atom. The zero-order valence-electron chi connectivity index (χ0n) is 12.8. The largest absolute Gasteiger partial charge is 0.389 e. The summed E-state index contributed by atoms with van der Waals surface area (Å²) in [7, 11) is 0. The van der Waals surface area contributed by atoms with Crippen molar-refractivity contribution < 1.29 is 5.11 Å². The maximum atomic E-state index is 9.98. The Morgan fingerprint density at radius 3 is 2.16 bits per heavy atom.